The van der Waals surface area contributed by atoms with Crippen molar-refractivity contribution in [2.24, 2.45) is 7.05 Å². The number of carbonyl (C=O) groups excluding carboxylic acids is 1. The van der Waals surface area contributed by atoms with Crippen LogP contribution in [0.25, 0.3) is 0 Å². The fourth-order valence-electron chi connectivity index (χ4n) is 3.26. The van der Waals surface area contributed by atoms with Gasteiger partial charge in [-0.25, -0.2) is 9.78 Å². The maximum Gasteiger partial charge on any atom is 0.317 e. The van der Waals surface area contributed by atoms with E-state index in [1.165, 1.54) is 0 Å². The van der Waals surface area contributed by atoms with Crippen LogP contribution >= 0.6 is 0 Å². The molecule has 7 nitrogen and oxygen atoms in total. The fraction of sp³-hybridized carbons (Fsp3) is 0.500. The first-order valence-corrected chi connectivity index (χ1v) is 8.93. The lowest BCUT2D eigenvalue weighted by atomic mass is 10.00. The number of nitrogens with zero attached hydrogens (tertiary/aromatic N) is 4. The summed E-state index contributed by atoms with van der Waals surface area (Å²) in [6, 6.07) is 7.92. The van der Waals surface area contributed by atoms with Gasteiger partial charge >= 0.3 is 6.03 Å². The van der Waals surface area contributed by atoms with Gasteiger partial charge in [-0.05, 0) is 43.9 Å². The minimum Gasteiger partial charge on any atom is -0.370 e. The predicted octanol–water partition coefficient (Wildman–Crippen LogP) is 2.55. The van der Waals surface area contributed by atoms with Gasteiger partial charge in [0, 0.05) is 39.1 Å². The summed E-state index contributed by atoms with van der Waals surface area (Å²) >= 11 is 0. The molecular weight excluding hydrogens is 316 g/mol. The van der Waals surface area contributed by atoms with E-state index >= 15 is 0 Å². The number of anilines is 1. The molecule has 0 spiro atoms. The van der Waals surface area contributed by atoms with Crippen molar-refractivity contribution in [2.75, 3.05) is 25.0 Å². The highest BCUT2D eigenvalue weighted by Gasteiger charge is 2.29. The van der Waals surface area contributed by atoms with E-state index in [2.05, 4.69) is 20.7 Å². The van der Waals surface area contributed by atoms with Gasteiger partial charge in [0.15, 0.2) is 0 Å². The lowest BCUT2D eigenvalue weighted by molar-refractivity contribution is 0.148. The van der Waals surface area contributed by atoms with Crippen LogP contribution in [-0.4, -0.2) is 45.3 Å². The minimum absolute atomic E-state index is 0.0173. The van der Waals surface area contributed by atoms with E-state index < -0.39 is 0 Å². The second-order valence-electron chi connectivity index (χ2n) is 6.31. The Kier molecular flexibility index (Phi) is 5.87. The standard InChI is InChI=1S/C18H26N6O/c1-23-15(9-13-22-23)16-7-3-5-14-24(16)18(25)21-12-6-11-20-17-8-2-4-10-19-17/h2,4,8-10,13,16H,3,5-7,11-12,14H2,1H3,(H,19,20)(H,21,25). The Hall–Kier alpha value is -2.57. The third-order valence-electron chi connectivity index (χ3n) is 4.56. The zero-order valence-electron chi connectivity index (χ0n) is 14.7. The normalized spacial score (nSPS) is 17.3. The summed E-state index contributed by atoms with van der Waals surface area (Å²) < 4.78 is 1.87. The average molecular weight is 342 g/mol. The SMILES string of the molecule is Cn1nccc1C1CCCCN1C(=O)NCCCNc1ccccn1. The summed E-state index contributed by atoms with van der Waals surface area (Å²) in [5.74, 6) is 0.862. The van der Waals surface area contributed by atoms with E-state index in [0.717, 1.165) is 50.3 Å². The van der Waals surface area contributed by atoms with E-state index in [1.807, 2.05) is 40.9 Å². The van der Waals surface area contributed by atoms with Crippen LogP contribution in [-0.2, 0) is 7.05 Å². The smallest absolute Gasteiger partial charge is 0.317 e. The van der Waals surface area contributed by atoms with Crippen LogP contribution in [0.15, 0.2) is 36.7 Å². The molecule has 25 heavy (non-hydrogen) atoms. The molecule has 0 aromatic carbocycles. The summed E-state index contributed by atoms with van der Waals surface area (Å²) in [5, 5.41) is 10.5. The van der Waals surface area contributed by atoms with Crippen LogP contribution in [0.5, 0.6) is 0 Å². The van der Waals surface area contributed by atoms with Crippen LogP contribution in [0.1, 0.15) is 37.4 Å². The van der Waals surface area contributed by atoms with Gasteiger partial charge in [0.2, 0.25) is 0 Å². The minimum atomic E-state index is 0.0173. The van der Waals surface area contributed by atoms with Crippen LogP contribution in [0, 0.1) is 0 Å². The molecule has 1 unspecified atom stereocenters. The number of amides is 2. The number of hydrogen-bond donors (Lipinski definition) is 2. The molecule has 2 N–H and O–H groups in total. The number of likely N-dealkylation sites (tertiary alicyclic amines) is 1. The van der Waals surface area contributed by atoms with Crippen LogP contribution in [0.3, 0.4) is 0 Å². The van der Waals surface area contributed by atoms with Gasteiger partial charge < -0.3 is 15.5 Å². The third kappa shape index (κ3) is 4.49. The van der Waals surface area contributed by atoms with Crippen molar-refractivity contribution in [3.63, 3.8) is 0 Å². The van der Waals surface area contributed by atoms with Gasteiger partial charge in [-0.15, -0.1) is 0 Å². The number of rotatable bonds is 6. The van der Waals surface area contributed by atoms with E-state index in [4.69, 9.17) is 0 Å². The molecule has 1 aliphatic rings. The predicted molar refractivity (Wildman–Crippen MR) is 97.2 cm³/mol. The molecule has 1 aliphatic heterocycles. The third-order valence-corrected chi connectivity index (χ3v) is 4.56. The lowest BCUT2D eigenvalue weighted by Gasteiger charge is -2.35. The molecule has 0 bridgehead atoms. The topological polar surface area (TPSA) is 75.1 Å². The van der Waals surface area contributed by atoms with Gasteiger partial charge in [0.05, 0.1) is 11.7 Å². The summed E-state index contributed by atoms with van der Waals surface area (Å²) in [5.41, 5.74) is 1.10. The molecule has 0 radical (unpaired) electrons. The number of pyridine rings is 1. The fourth-order valence-corrected chi connectivity index (χ4v) is 3.26. The zero-order chi connectivity index (χ0) is 17.5. The molecule has 2 amide bonds. The van der Waals surface area contributed by atoms with Gasteiger partial charge in [0.25, 0.3) is 0 Å². The number of aromatic nitrogens is 3. The summed E-state index contributed by atoms with van der Waals surface area (Å²) in [4.78, 5) is 18.8. The van der Waals surface area contributed by atoms with Crippen molar-refractivity contribution in [3.05, 3.63) is 42.4 Å². The average Bonchev–Trinajstić information content (AvgIpc) is 3.08. The molecule has 0 aliphatic carbocycles. The Bertz CT molecular complexity index is 671. The first-order valence-electron chi connectivity index (χ1n) is 8.93. The molecule has 2 aromatic rings. The van der Waals surface area contributed by atoms with E-state index in [1.54, 1.807) is 12.4 Å². The molecule has 0 saturated carbocycles. The number of piperidine rings is 1. The van der Waals surface area contributed by atoms with Crippen molar-refractivity contribution < 1.29 is 4.79 Å². The lowest BCUT2D eigenvalue weighted by Crippen LogP contribution is -2.45. The monoisotopic (exact) mass is 342 g/mol. The van der Waals surface area contributed by atoms with Crippen molar-refractivity contribution in [3.8, 4) is 0 Å². The summed E-state index contributed by atoms with van der Waals surface area (Å²) in [6.45, 7) is 2.23. The Morgan fingerprint density at radius 1 is 1.24 bits per heavy atom. The molecule has 3 rings (SSSR count). The van der Waals surface area contributed by atoms with Gasteiger partial charge in [-0.2, -0.15) is 5.10 Å². The number of urea groups is 1. The molecule has 1 saturated heterocycles. The maximum absolute atomic E-state index is 12.6. The second kappa shape index (κ2) is 8.50. The number of nitrogens with one attached hydrogen (secondary N) is 2. The maximum atomic E-state index is 12.6. The quantitative estimate of drug-likeness (QED) is 0.791. The van der Waals surface area contributed by atoms with Crippen LogP contribution in [0.2, 0.25) is 0 Å². The molecule has 2 aromatic heterocycles. The molecule has 3 heterocycles. The Morgan fingerprint density at radius 3 is 2.92 bits per heavy atom. The highest BCUT2D eigenvalue weighted by molar-refractivity contribution is 5.74. The molecule has 7 heteroatoms. The van der Waals surface area contributed by atoms with Gasteiger partial charge in [0.1, 0.15) is 5.82 Å². The number of carbonyl (C=O) groups is 1. The highest BCUT2D eigenvalue weighted by Crippen LogP contribution is 2.30. The van der Waals surface area contributed by atoms with Crippen molar-refractivity contribution in [1.82, 2.24) is 25.0 Å². The van der Waals surface area contributed by atoms with E-state index in [9.17, 15) is 4.79 Å². The molecular formula is C18H26N6O. The van der Waals surface area contributed by atoms with Crippen LogP contribution in [0.4, 0.5) is 10.6 Å². The molecule has 134 valence electrons. The van der Waals surface area contributed by atoms with E-state index in [0.29, 0.717) is 6.54 Å². The zero-order valence-corrected chi connectivity index (χ0v) is 14.7. The van der Waals surface area contributed by atoms with Crippen molar-refractivity contribution in [1.29, 1.82) is 0 Å². The van der Waals surface area contributed by atoms with Crippen LogP contribution < -0.4 is 10.6 Å². The first kappa shape index (κ1) is 17.3. The largest absolute Gasteiger partial charge is 0.370 e. The number of aryl methyl sites for hydroxylation is 1. The Balaban J connectivity index is 1.45. The Morgan fingerprint density at radius 2 is 2.16 bits per heavy atom. The van der Waals surface area contributed by atoms with Crippen molar-refractivity contribution >= 4 is 11.8 Å². The first-order chi connectivity index (χ1) is 12.3. The molecule has 1 fully saturated rings. The summed E-state index contributed by atoms with van der Waals surface area (Å²) in [6.07, 6.45) is 7.61. The molecule has 1 atom stereocenters. The van der Waals surface area contributed by atoms with Gasteiger partial charge in [-0.3, -0.25) is 4.68 Å². The second-order valence-corrected chi connectivity index (χ2v) is 6.31. The number of hydrogen-bond acceptors (Lipinski definition) is 4. The van der Waals surface area contributed by atoms with E-state index in [-0.39, 0.29) is 12.1 Å². The van der Waals surface area contributed by atoms with Gasteiger partial charge in [-0.1, -0.05) is 6.07 Å². The Labute approximate surface area is 148 Å². The summed E-state index contributed by atoms with van der Waals surface area (Å²) in [7, 11) is 1.93. The highest BCUT2D eigenvalue weighted by atomic mass is 16.2. The van der Waals surface area contributed by atoms with Crippen molar-refractivity contribution in [2.45, 2.75) is 31.7 Å².